The van der Waals surface area contributed by atoms with E-state index < -0.39 is 0 Å². The van der Waals surface area contributed by atoms with Gasteiger partial charge in [-0.2, -0.15) is 0 Å². The van der Waals surface area contributed by atoms with Crippen molar-refractivity contribution in [1.29, 1.82) is 0 Å². The van der Waals surface area contributed by atoms with Crippen LogP contribution in [0, 0.1) is 0 Å². The van der Waals surface area contributed by atoms with Crippen LogP contribution >= 0.6 is 35.0 Å². The number of anilines is 1. The van der Waals surface area contributed by atoms with E-state index >= 15 is 0 Å². The number of nitrogens with zero attached hydrogens (tertiary/aromatic N) is 1. The van der Waals surface area contributed by atoms with Crippen molar-refractivity contribution in [2.24, 2.45) is 0 Å². The van der Waals surface area contributed by atoms with Crippen molar-refractivity contribution in [3.63, 3.8) is 0 Å². The minimum atomic E-state index is -0.285. The van der Waals surface area contributed by atoms with Gasteiger partial charge in [0.15, 0.2) is 0 Å². The molecule has 0 fully saturated rings. The van der Waals surface area contributed by atoms with Gasteiger partial charge in [-0.05, 0) is 54.1 Å². The van der Waals surface area contributed by atoms with Gasteiger partial charge in [-0.3, -0.25) is 9.59 Å². The number of fused-ring (bicyclic) bond motifs is 1. The number of benzene rings is 3. The molecule has 0 aliphatic carbocycles. The minimum absolute atomic E-state index is 0.285. The van der Waals surface area contributed by atoms with E-state index in [1.807, 2.05) is 24.3 Å². The van der Waals surface area contributed by atoms with Gasteiger partial charge in [0, 0.05) is 10.6 Å². The van der Waals surface area contributed by atoms with Crippen molar-refractivity contribution in [3.05, 3.63) is 93.5 Å². The van der Waals surface area contributed by atoms with E-state index in [4.69, 9.17) is 23.2 Å². The number of halogens is 2. The first-order chi connectivity index (χ1) is 13.0. The van der Waals surface area contributed by atoms with E-state index in [0.29, 0.717) is 26.9 Å². The molecule has 2 amide bonds. The van der Waals surface area contributed by atoms with Crippen molar-refractivity contribution in [2.75, 3.05) is 4.90 Å². The first-order valence-electron chi connectivity index (χ1n) is 8.19. The van der Waals surface area contributed by atoms with Crippen LogP contribution in [0.4, 0.5) is 5.69 Å². The predicted molar refractivity (Wildman–Crippen MR) is 110 cm³/mol. The van der Waals surface area contributed by atoms with Crippen LogP contribution in [0.5, 0.6) is 0 Å². The summed E-state index contributed by atoms with van der Waals surface area (Å²) in [5, 5.41) is 1.08. The third-order valence-electron chi connectivity index (χ3n) is 4.28. The monoisotopic (exact) mass is 413 g/mol. The van der Waals surface area contributed by atoms with Gasteiger partial charge < -0.3 is 0 Å². The molecule has 3 aromatic rings. The zero-order valence-corrected chi connectivity index (χ0v) is 16.3. The first-order valence-corrected chi connectivity index (χ1v) is 9.93. The molecule has 0 spiro atoms. The Morgan fingerprint density at radius 1 is 0.778 bits per heavy atom. The quantitative estimate of drug-likeness (QED) is 0.383. The number of hydrogen-bond acceptors (Lipinski definition) is 3. The minimum Gasteiger partial charge on any atom is -0.268 e. The lowest BCUT2D eigenvalue weighted by Crippen LogP contribution is -2.29. The van der Waals surface area contributed by atoms with Crippen LogP contribution in [0.25, 0.3) is 0 Å². The molecule has 0 unspecified atom stereocenters. The average molecular weight is 414 g/mol. The molecule has 27 heavy (non-hydrogen) atoms. The number of amides is 2. The van der Waals surface area contributed by atoms with Gasteiger partial charge in [-0.1, -0.05) is 41.4 Å². The fourth-order valence-corrected chi connectivity index (χ4v) is 4.07. The van der Waals surface area contributed by atoms with Gasteiger partial charge in [-0.25, -0.2) is 4.90 Å². The van der Waals surface area contributed by atoms with Gasteiger partial charge in [-0.15, -0.1) is 11.8 Å². The maximum absolute atomic E-state index is 12.5. The lowest BCUT2D eigenvalue weighted by molar-refractivity contribution is 0.0926. The van der Waals surface area contributed by atoms with E-state index in [-0.39, 0.29) is 11.8 Å². The molecule has 0 bridgehead atoms. The Balaban J connectivity index is 1.49. The Hall–Kier alpha value is -2.27. The predicted octanol–water partition coefficient (Wildman–Crippen LogP) is 6.09. The van der Waals surface area contributed by atoms with Crippen LogP contribution in [-0.2, 0) is 5.75 Å². The first kappa shape index (κ1) is 18.1. The molecule has 134 valence electrons. The van der Waals surface area contributed by atoms with Gasteiger partial charge >= 0.3 is 0 Å². The smallest absolute Gasteiger partial charge is 0.266 e. The molecule has 0 N–H and O–H groups in total. The van der Waals surface area contributed by atoms with Crippen LogP contribution in [0.2, 0.25) is 10.0 Å². The Kier molecular flexibility index (Phi) is 4.96. The maximum atomic E-state index is 12.5. The van der Waals surface area contributed by atoms with Gasteiger partial charge in [0.2, 0.25) is 0 Å². The van der Waals surface area contributed by atoms with Gasteiger partial charge in [0.1, 0.15) is 0 Å². The second-order valence-corrected chi connectivity index (χ2v) is 7.89. The summed E-state index contributed by atoms with van der Waals surface area (Å²) in [4.78, 5) is 27.3. The molecule has 4 rings (SSSR count). The summed E-state index contributed by atoms with van der Waals surface area (Å²) in [5.74, 6) is 0.169. The van der Waals surface area contributed by atoms with Crippen LogP contribution in [0.3, 0.4) is 0 Å². The topological polar surface area (TPSA) is 37.4 Å². The largest absolute Gasteiger partial charge is 0.268 e. The Morgan fingerprint density at radius 2 is 1.41 bits per heavy atom. The summed E-state index contributed by atoms with van der Waals surface area (Å²) in [6.07, 6.45) is 0. The number of carbonyl (C=O) groups is 2. The summed E-state index contributed by atoms with van der Waals surface area (Å²) >= 11 is 13.6. The van der Waals surface area contributed by atoms with Crippen molar-refractivity contribution < 1.29 is 9.59 Å². The SMILES string of the molecule is O=C1c2ccccc2C(=O)N1c1ccc(SCc2ccc(Cl)c(Cl)c2)cc1. The Morgan fingerprint density at radius 3 is 2.00 bits per heavy atom. The van der Waals surface area contributed by atoms with E-state index in [1.54, 1.807) is 54.2 Å². The van der Waals surface area contributed by atoms with Crippen LogP contribution in [0.15, 0.2) is 71.6 Å². The number of thioether (sulfide) groups is 1. The lowest BCUT2D eigenvalue weighted by atomic mass is 10.1. The second-order valence-electron chi connectivity index (χ2n) is 6.02. The highest BCUT2D eigenvalue weighted by molar-refractivity contribution is 7.98. The fourth-order valence-electron chi connectivity index (χ4n) is 2.91. The highest BCUT2D eigenvalue weighted by atomic mass is 35.5. The van der Waals surface area contributed by atoms with E-state index in [2.05, 4.69) is 0 Å². The number of hydrogen-bond donors (Lipinski definition) is 0. The zero-order valence-electron chi connectivity index (χ0n) is 14.0. The van der Waals surface area contributed by atoms with E-state index in [9.17, 15) is 9.59 Å². The molecule has 1 aliphatic rings. The van der Waals surface area contributed by atoms with Gasteiger partial charge in [0.05, 0.1) is 26.9 Å². The Labute approximate surface area is 170 Å². The second kappa shape index (κ2) is 7.39. The van der Waals surface area contributed by atoms with Crippen molar-refractivity contribution in [1.82, 2.24) is 0 Å². The average Bonchev–Trinajstić information content (AvgIpc) is 2.94. The summed E-state index contributed by atoms with van der Waals surface area (Å²) < 4.78 is 0. The molecule has 3 aromatic carbocycles. The molecule has 1 aliphatic heterocycles. The fraction of sp³-hybridized carbons (Fsp3) is 0.0476. The third kappa shape index (κ3) is 3.48. The normalized spacial score (nSPS) is 13.2. The highest BCUT2D eigenvalue weighted by Crippen LogP contribution is 2.31. The molecule has 6 heteroatoms. The maximum Gasteiger partial charge on any atom is 0.266 e. The number of rotatable bonds is 4. The molecule has 0 radical (unpaired) electrons. The summed E-state index contributed by atoms with van der Waals surface area (Å²) in [5.41, 5.74) is 2.53. The van der Waals surface area contributed by atoms with Crippen molar-refractivity contribution in [2.45, 2.75) is 10.6 Å². The molecule has 3 nitrogen and oxygen atoms in total. The Bertz CT molecular complexity index is 1020. The highest BCUT2D eigenvalue weighted by Gasteiger charge is 2.36. The van der Waals surface area contributed by atoms with Gasteiger partial charge in [0.25, 0.3) is 11.8 Å². The van der Waals surface area contributed by atoms with Crippen LogP contribution < -0.4 is 4.90 Å². The lowest BCUT2D eigenvalue weighted by Gasteiger charge is -2.14. The molecule has 0 aromatic heterocycles. The standard InChI is InChI=1S/C21H13Cl2NO2S/c22-18-10-5-13(11-19(18)23)12-27-15-8-6-14(7-9-15)24-20(25)16-3-1-2-4-17(16)21(24)26/h1-11H,12H2. The molecule has 0 atom stereocenters. The van der Waals surface area contributed by atoms with Crippen LogP contribution in [-0.4, -0.2) is 11.8 Å². The molecular weight excluding hydrogens is 401 g/mol. The summed E-state index contributed by atoms with van der Waals surface area (Å²) in [7, 11) is 0. The molecule has 0 saturated carbocycles. The number of carbonyl (C=O) groups excluding carboxylic acids is 2. The molecule has 1 heterocycles. The van der Waals surface area contributed by atoms with E-state index in [0.717, 1.165) is 16.2 Å². The summed E-state index contributed by atoms with van der Waals surface area (Å²) in [6, 6.07) is 19.8. The third-order valence-corrected chi connectivity index (χ3v) is 6.10. The van der Waals surface area contributed by atoms with E-state index in [1.165, 1.54) is 4.90 Å². The van der Waals surface area contributed by atoms with Crippen molar-refractivity contribution in [3.8, 4) is 0 Å². The summed E-state index contributed by atoms with van der Waals surface area (Å²) in [6.45, 7) is 0. The van der Waals surface area contributed by atoms with Crippen molar-refractivity contribution >= 4 is 52.5 Å². The number of imide groups is 1. The van der Waals surface area contributed by atoms with Crippen LogP contribution in [0.1, 0.15) is 26.3 Å². The molecule has 0 saturated heterocycles. The zero-order chi connectivity index (χ0) is 19.0. The molecular formula is C21H13Cl2NO2S.